The van der Waals surface area contributed by atoms with Gasteiger partial charge in [-0.15, -0.1) is 5.06 Å². The predicted octanol–water partition coefficient (Wildman–Crippen LogP) is 1.29. The molecule has 1 aliphatic heterocycles. The molecule has 0 aromatic heterocycles. The molecule has 0 radical (unpaired) electrons. The smallest absolute Gasteiger partial charge is 0.333 e. The molecule has 12 heteroatoms. The van der Waals surface area contributed by atoms with Crippen LogP contribution in [0.3, 0.4) is 0 Å². The van der Waals surface area contributed by atoms with E-state index < -0.39 is 29.2 Å². The molecule has 1 heterocycles. The van der Waals surface area contributed by atoms with E-state index >= 15 is 0 Å². The number of carbonyl (C=O) groups excluding carboxylic acids is 4. The molecule has 0 aromatic carbocycles. The van der Waals surface area contributed by atoms with Gasteiger partial charge in [0.15, 0.2) is 0 Å². The molecule has 0 atom stereocenters. The van der Waals surface area contributed by atoms with Crippen LogP contribution in [0.4, 0.5) is 0 Å². The molecule has 1 saturated heterocycles. The predicted molar refractivity (Wildman–Crippen MR) is 120 cm³/mol. The van der Waals surface area contributed by atoms with Crippen molar-refractivity contribution in [3.8, 4) is 0 Å². The Morgan fingerprint density at radius 1 is 0.857 bits per heavy atom. The molecule has 0 saturated carbocycles. The van der Waals surface area contributed by atoms with Crippen molar-refractivity contribution in [1.29, 1.82) is 0 Å². The Kier molecular flexibility index (Phi) is 15.0. The summed E-state index contributed by atoms with van der Waals surface area (Å²) in [6.07, 6.45) is 2.65. The largest absolute Gasteiger partial charge is 0.501 e. The van der Waals surface area contributed by atoms with Gasteiger partial charge in [-0.3, -0.25) is 14.4 Å². The first-order valence-electron chi connectivity index (χ1n) is 11.2. The second kappa shape index (κ2) is 17.5. The first-order valence-corrected chi connectivity index (χ1v) is 11.2. The highest BCUT2D eigenvalue weighted by Gasteiger charge is 2.34. The molecule has 1 aliphatic rings. The number of imide groups is 1. The number of esters is 1. The summed E-state index contributed by atoms with van der Waals surface area (Å²) < 4.78 is 32.1. The van der Waals surface area contributed by atoms with Crippen molar-refractivity contribution >= 4 is 23.8 Å². The van der Waals surface area contributed by atoms with Gasteiger partial charge < -0.3 is 33.3 Å². The van der Waals surface area contributed by atoms with E-state index in [1.807, 2.05) is 0 Å². The quantitative estimate of drug-likeness (QED) is 0.0974. The van der Waals surface area contributed by atoms with Crippen LogP contribution in [0.5, 0.6) is 0 Å². The Balaban J connectivity index is 2.31. The van der Waals surface area contributed by atoms with Gasteiger partial charge in [0.1, 0.15) is 19.8 Å². The van der Waals surface area contributed by atoms with Crippen molar-refractivity contribution < 1.29 is 52.4 Å². The first kappa shape index (κ1) is 30.1. The summed E-state index contributed by atoms with van der Waals surface area (Å²) in [5, 5.41) is 0.473. The van der Waals surface area contributed by atoms with E-state index in [4.69, 9.17) is 33.3 Å². The van der Waals surface area contributed by atoms with Crippen LogP contribution in [0.25, 0.3) is 0 Å². The molecule has 0 bridgehead atoms. The molecule has 198 valence electrons. The molecule has 12 nitrogen and oxygen atoms in total. The van der Waals surface area contributed by atoms with Gasteiger partial charge in [0, 0.05) is 32.8 Å². The molecule has 2 amide bonds. The average molecular weight is 502 g/mol. The van der Waals surface area contributed by atoms with Crippen LogP contribution in [0.2, 0.25) is 0 Å². The van der Waals surface area contributed by atoms with Gasteiger partial charge in [0.25, 0.3) is 11.8 Å². The zero-order valence-electron chi connectivity index (χ0n) is 20.2. The number of hydroxylamine groups is 2. The van der Waals surface area contributed by atoms with E-state index in [1.165, 1.54) is 12.5 Å². The zero-order chi connectivity index (χ0) is 25.9. The number of hydrogen-bond acceptors (Lipinski definition) is 11. The Labute approximate surface area is 205 Å². The topological polar surface area (TPSA) is 136 Å². The standard InChI is InChI=1S/C23H35NO11/c1-4-30-15-23(16-31-5-2,17-32-12-11-29-3)18-33-13-14-34-21(27)7-6-8-22(28)35-24-19(25)9-10-20(24)26/h4-5H,1-2,6-18H2,3H3. The molecule has 0 N–H and O–H groups in total. The lowest BCUT2D eigenvalue weighted by Gasteiger charge is -2.31. The zero-order valence-corrected chi connectivity index (χ0v) is 20.2. The highest BCUT2D eigenvalue weighted by molar-refractivity contribution is 6.01. The van der Waals surface area contributed by atoms with Crippen LogP contribution in [0.1, 0.15) is 32.1 Å². The number of rotatable bonds is 21. The SMILES string of the molecule is C=COCC(COC=C)(COCCOC)COCCOC(=O)CCCC(=O)ON1C(=O)CCC1=O. The van der Waals surface area contributed by atoms with E-state index in [-0.39, 0.29) is 71.7 Å². The second-order valence-corrected chi connectivity index (χ2v) is 7.67. The van der Waals surface area contributed by atoms with Crippen molar-refractivity contribution in [3.05, 3.63) is 25.7 Å². The van der Waals surface area contributed by atoms with Crippen molar-refractivity contribution in [2.75, 3.05) is 60.0 Å². The van der Waals surface area contributed by atoms with Crippen molar-refractivity contribution in [2.24, 2.45) is 5.41 Å². The number of methoxy groups -OCH3 is 1. The second-order valence-electron chi connectivity index (χ2n) is 7.67. The maximum absolute atomic E-state index is 11.9. The minimum atomic E-state index is -0.766. The van der Waals surface area contributed by atoms with Gasteiger partial charge in [-0.05, 0) is 6.42 Å². The number of ether oxygens (including phenoxy) is 6. The summed E-state index contributed by atoms with van der Waals surface area (Å²) in [5.74, 6) is -2.40. The van der Waals surface area contributed by atoms with Gasteiger partial charge in [-0.1, -0.05) is 13.2 Å². The minimum Gasteiger partial charge on any atom is -0.501 e. The summed E-state index contributed by atoms with van der Waals surface area (Å²) in [6, 6.07) is 0. The third-order valence-electron chi connectivity index (χ3n) is 4.71. The van der Waals surface area contributed by atoms with Gasteiger partial charge in [-0.25, -0.2) is 4.79 Å². The first-order chi connectivity index (χ1) is 16.9. The maximum atomic E-state index is 11.9. The Morgan fingerprint density at radius 3 is 1.94 bits per heavy atom. The number of nitrogens with zero attached hydrogens (tertiary/aromatic N) is 1. The Bertz CT molecular complexity index is 682. The summed E-state index contributed by atoms with van der Waals surface area (Å²) in [7, 11) is 1.58. The molecule has 1 rings (SSSR count). The van der Waals surface area contributed by atoms with Gasteiger partial charge in [-0.2, -0.15) is 0 Å². The lowest BCUT2D eigenvalue weighted by molar-refractivity contribution is -0.197. The average Bonchev–Trinajstić information content (AvgIpc) is 3.15. The number of hydrogen-bond donors (Lipinski definition) is 0. The van der Waals surface area contributed by atoms with Gasteiger partial charge in [0.05, 0.1) is 51.0 Å². The van der Waals surface area contributed by atoms with Gasteiger partial charge >= 0.3 is 11.9 Å². The third kappa shape index (κ3) is 12.3. The Hall–Kier alpha value is -2.96. The monoisotopic (exact) mass is 501 g/mol. The summed E-state index contributed by atoms with van der Waals surface area (Å²) in [6.45, 7) is 8.95. The minimum absolute atomic E-state index is 0.00526. The van der Waals surface area contributed by atoms with Crippen LogP contribution < -0.4 is 0 Å². The fraction of sp³-hybridized carbons (Fsp3) is 0.652. The summed E-state index contributed by atoms with van der Waals surface area (Å²) >= 11 is 0. The molecule has 35 heavy (non-hydrogen) atoms. The number of amides is 2. The highest BCUT2D eigenvalue weighted by Crippen LogP contribution is 2.21. The maximum Gasteiger partial charge on any atom is 0.333 e. The van der Waals surface area contributed by atoms with Crippen LogP contribution >= 0.6 is 0 Å². The van der Waals surface area contributed by atoms with Crippen molar-refractivity contribution in [3.63, 3.8) is 0 Å². The molecular weight excluding hydrogens is 466 g/mol. The van der Waals surface area contributed by atoms with E-state index in [0.29, 0.717) is 18.3 Å². The third-order valence-corrected chi connectivity index (χ3v) is 4.71. The van der Waals surface area contributed by atoms with Gasteiger partial charge in [0.2, 0.25) is 0 Å². The van der Waals surface area contributed by atoms with Crippen LogP contribution in [0, 0.1) is 5.41 Å². The van der Waals surface area contributed by atoms with Crippen molar-refractivity contribution in [2.45, 2.75) is 32.1 Å². The van der Waals surface area contributed by atoms with E-state index in [2.05, 4.69) is 13.2 Å². The van der Waals surface area contributed by atoms with Crippen LogP contribution in [0.15, 0.2) is 25.7 Å². The lowest BCUT2D eigenvalue weighted by Crippen LogP contribution is -2.41. The van der Waals surface area contributed by atoms with E-state index in [1.54, 1.807) is 7.11 Å². The molecule has 0 aliphatic carbocycles. The molecule has 0 aromatic rings. The molecule has 1 fully saturated rings. The normalized spacial score (nSPS) is 13.5. The Morgan fingerprint density at radius 2 is 1.40 bits per heavy atom. The van der Waals surface area contributed by atoms with Crippen LogP contribution in [-0.2, 0) is 52.4 Å². The summed E-state index contributed by atoms with van der Waals surface area (Å²) in [5.41, 5.74) is -0.654. The van der Waals surface area contributed by atoms with Crippen molar-refractivity contribution in [1.82, 2.24) is 5.06 Å². The van der Waals surface area contributed by atoms with E-state index in [9.17, 15) is 19.2 Å². The lowest BCUT2D eigenvalue weighted by atomic mass is 9.92. The fourth-order valence-corrected chi connectivity index (χ4v) is 2.91. The highest BCUT2D eigenvalue weighted by atomic mass is 16.7. The van der Waals surface area contributed by atoms with E-state index in [0.717, 1.165) is 0 Å². The van der Waals surface area contributed by atoms with Crippen LogP contribution in [-0.4, -0.2) is 88.8 Å². The molecular formula is C23H35NO11. The molecule has 0 spiro atoms. The molecule has 0 unspecified atom stereocenters. The summed E-state index contributed by atoms with van der Waals surface area (Å²) in [4.78, 5) is 51.2. The fourth-order valence-electron chi connectivity index (χ4n) is 2.91. The number of carbonyl (C=O) groups is 4.